The predicted octanol–water partition coefficient (Wildman–Crippen LogP) is 3.51. The Kier molecular flexibility index (Phi) is 3.50. The fraction of sp³-hybridized carbons (Fsp3) is 0.227. The molecule has 2 aromatic carbocycles. The Labute approximate surface area is 157 Å². The molecule has 0 atom stereocenters. The molecule has 1 saturated carbocycles. The van der Waals surface area contributed by atoms with Crippen LogP contribution in [0, 0.1) is 6.92 Å². The fourth-order valence-corrected chi connectivity index (χ4v) is 3.87. The van der Waals surface area contributed by atoms with Gasteiger partial charge in [-0.15, -0.1) is 0 Å². The highest BCUT2D eigenvalue weighted by Gasteiger charge is 2.28. The molecule has 3 aromatic rings. The van der Waals surface area contributed by atoms with Crippen molar-refractivity contribution < 1.29 is 4.79 Å². The Bertz CT molecular complexity index is 1110. The van der Waals surface area contributed by atoms with Crippen LogP contribution in [0.4, 0.5) is 0 Å². The van der Waals surface area contributed by atoms with Crippen molar-refractivity contribution in [2.45, 2.75) is 32.2 Å². The number of nitrogens with zero attached hydrogens (tertiary/aromatic N) is 3. The Morgan fingerprint density at radius 3 is 2.70 bits per heavy atom. The van der Waals surface area contributed by atoms with Gasteiger partial charge < -0.3 is 5.73 Å². The van der Waals surface area contributed by atoms with E-state index in [2.05, 4.69) is 42.2 Å². The minimum atomic E-state index is -0.519. The number of aromatic nitrogens is 2. The molecule has 0 spiro atoms. The summed E-state index contributed by atoms with van der Waals surface area (Å²) in [5, 5.41) is 0. The second-order valence-electron chi connectivity index (χ2n) is 7.30. The standard InChI is InChI=1S/C22H20N4O/c1-13-4-2-3-5-16(13)20-17-10-15(14-6-7-14)8-9-18(17)26-12-25-21(22(23)27)19(26)11-24-20/h2-5,8-10,12,14H,6-7,11H2,1H3,(H2,23,27). The maximum Gasteiger partial charge on any atom is 0.269 e. The summed E-state index contributed by atoms with van der Waals surface area (Å²) in [6.45, 7) is 2.47. The van der Waals surface area contributed by atoms with Gasteiger partial charge in [-0.3, -0.25) is 14.4 Å². The number of rotatable bonds is 3. The minimum absolute atomic E-state index is 0.294. The second kappa shape index (κ2) is 5.91. The van der Waals surface area contributed by atoms with Crippen molar-refractivity contribution in [3.63, 3.8) is 0 Å². The van der Waals surface area contributed by atoms with Gasteiger partial charge in [0.25, 0.3) is 5.91 Å². The van der Waals surface area contributed by atoms with Gasteiger partial charge in [-0.1, -0.05) is 30.3 Å². The van der Waals surface area contributed by atoms with Crippen LogP contribution in [0.2, 0.25) is 0 Å². The third kappa shape index (κ3) is 2.58. The molecule has 0 radical (unpaired) electrons. The van der Waals surface area contributed by atoms with E-state index < -0.39 is 5.91 Å². The molecule has 5 heteroatoms. The molecule has 2 N–H and O–H groups in total. The predicted molar refractivity (Wildman–Crippen MR) is 105 cm³/mol. The summed E-state index contributed by atoms with van der Waals surface area (Å²) in [6, 6.07) is 14.9. The molecule has 1 fully saturated rings. The van der Waals surface area contributed by atoms with Gasteiger partial charge in [-0.2, -0.15) is 0 Å². The van der Waals surface area contributed by atoms with E-state index in [1.54, 1.807) is 6.33 Å². The van der Waals surface area contributed by atoms with E-state index in [1.807, 2.05) is 16.7 Å². The van der Waals surface area contributed by atoms with Gasteiger partial charge in [0.1, 0.15) is 6.33 Å². The van der Waals surface area contributed by atoms with Crippen LogP contribution < -0.4 is 5.73 Å². The first-order valence-corrected chi connectivity index (χ1v) is 9.24. The highest BCUT2D eigenvalue weighted by Crippen LogP contribution is 2.41. The van der Waals surface area contributed by atoms with E-state index in [-0.39, 0.29) is 0 Å². The first kappa shape index (κ1) is 16.0. The van der Waals surface area contributed by atoms with Crippen LogP contribution >= 0.6 is 0 Å². The zero-order valence-electron chi connectivity index (χ0n) is 15.1. The number of fused-ring (bicyclic) bond motifs is 3. The lowest BCUT2D eigenvalue weighted by atomic mass is 9.94. The lowest BCUT2D eigenvalue weighted by molar-refractivity contribution is 0.0995. The van der Waals surface area contributed by atoms with Crippen LogP contribution in [0.25, 0.3) is 5.69 Å². The third-order valence-corrected chi connectivity index (χ3v) is 5.47. The number of carbonyl (C=O) groups is 1. The van der Waals surface area contributed by atoms with E-state index in [4.69, 9.17) is 10.7 Å². The molecule has 0 unspecified atom stereocenters. The number of aliphatic imine (C=N–C) groups is 1. The Balaban J connectivity index is 1.77. The molecule has 2 aliphatic rings. The van der Waals surface area contributed by atoms with Gasteiger partial charge >= 0.3 is 0 Å². The molecular weight excluding hydrogens is 336 g/mol. The average molecular weight is 356 g/mol. The van der Waals surface area contributed by atoms with Crippen LogP contribution in [0.3, 0.4) is 0 Å². The molecule has 1 amide bonds. The highest BCUT2D eigenvalue weighted by molar-refractivity contribution is 6.16. The summed E-state index contributed by atoms with van der Waals surface area (Å²) in [4.78, 5) is 21.0. The summed E-state index contributed by atoms with van der Waals surface area (Å²) in [6.07, 6.45) is 4.18. The van der Waals surface area contributed by atoms with Crippen LogP contribution in [0.1, 0.15) is 57.2 Å². The summed E-state index contributed by atoms with van der Waals surface area (Å²) in [5.41, 5.74) is 13.3. The quantitative estimate of drug-likeness (QED) is 0.780. The Morgan fingerprint density at radius 2 is 1.96 bits per heavy atom. The van der Waals surface area contributed by atoms with Gasteiger partial charge in [-0.05, 0) is 48.9 Å². The molecule has 5 nitrogen and oxygen atoms in total. The van der Waals surface area contributed by atoms with Gasteiger partial charge in [0, 0.05) is 11.1 Å². The second-order valence-corrected chi connectivity index (χ2v) is 7.30. The number of aryl methyl sites for hydroxylation is 1. The molecule has 1 aliphatic heterocycles. The van der Waals surface area contributed by atoms with Crippen molar-refractivity contribution >= 4 is 11.6 Å². The zero-order chi connectivity index (χ0) is 18.5. The van der Waals surface area contributed by atoms with E-state index >= 15 is 0 Å². The number of imidazole rings is 1. The van der Waals surface area contributed by atoms with Crippen LogP contribution in [0.15, 0.2) is 53.8 Å². The van der Waals surface area contributed by atoms with Gasteiger partial charge in [0.15, 0.2) is 5.69 Å². The molecule has 5 rings (SSSR count). The maximum absolute atomic E-state index is 11.8. The molecule has 2 heterocycles. The summed E-state index contributed by atoms with van der Waals surface area (Å²) in [7, 11) is 0. The summed E-state index contributed by atoms with van der Waals surface area (Å²) in [5.74, 6) is 0.134. The Morgan fingerprint density at radius 1 is 1.15 bits per heavy atom. The molecule has 134 valence electrons. The zero-order valence-corrected chi connectivity index (χ0v) is 15.1. The number of carbonyl (C=O) groups excluding carboxylic acids is 1. The SMILES string of the molecule is Cc1ccccc1C1=NCc2c(C(N)=O)ncn2-c2ccc(C3CC3)cc21. The molecule has 1 aliphatic carbocycles. The lowest BCUT2D eigenvalue weighted by Crippen LogP contribution is -2.14. The Hall–Kier alpha value is -3.21. The average Bonchev–Trinajstić information content (AvgIpc) is 3.45. The van der Waals surface area contributed by atoms with E-state index in [9.17, 15) is 4.79 Å². The fourth-order valence-electron chi connectivity index (χ4n) is 3.87. The monoisotopic (exact) mass is 356 g/mol. The van der Waals surface area contributed by atoms with Crippen LogP contribution in [0.5, 0.6) is 0 Å². The van der Waals surface area contributed by atoms with Gasteiger partial charge in [0.05, 0.1) is 23.6 Å². The first-order chi connectivity index (χ1) is 13.1. The van der Waals surface area contributed by atoms with E-state index in [0.717, 1.165) is 28.2 Å². The number of benzene rings is 2. The summed E-state index contributed by atoms with van der Waals surface area (Å²) < 4.78 is 1.96. The van der Waals surface area contributed by atoms with Crippen molar-refractivity contribution in [1.29, 1.82) is 0 Å². The van der Waals surface area contributed by atoms with Gasteiger partial charge in [0.2, 0.25) is 0 Å². The van der Waals surface area contributed by atoms with Crippen LogP contribution in [-0.2, 0) is 6.54 Å². The highest BCUT2D eigenvalue weighted by atomic mass is 16.1. The molecule has 0 bridgehead atoms. The number of nitrogens with two attached hydrogens (primary N) is 1. The van der Waals surface area contributed by atoms with Crippen molar-refractivity contribution in [1.82, 2.24) is 9.55 Å². The largest absolute Gasteiger partial charge is 0.364 e. The maximum atomic E-state index is 11.8. The van der Waals surface area contributed by atoms with Crippen molar-refractivity contribution in [2.24, 2.45) is 10.7 Å². The smallest absolute Gasteiger partial charge is 0.269 e. The minimum Gasteiger partial charge on any atom is -0.364 e. The first-order valence-electron chi connectivity index (χ1n) is 9.24. The van der Waals surface area contributed by atoms with Crippen molar-refractivity contribution in [2.75, 3.05) is 0 Å². The number of hydrogen-bond donors (Lipinski definition) is 1. The summed E-state index contributed by atoms with van der Waals surface area (Å²) >= 11 is 0. The van der Waals surface area contributed by atoms with Crippen molar-refractivity contribution in [3.8, 4) is 5.69 Å². The van der Waals surface area contributed by atoms with Gasteiger partial charge in [-0.25, -0.2) is 4.98 Å². The normalized spacial score (nSPS) is 15.5. The van der Waals surface area contributed by atoms with E-state index in [0.29, 0.717) is 18.2 Å². The molecule has 0 saturated heterocycles. The van der Waals surface area contributed by atoms with Crippen molar-refractivity contribution in [3.05, 3.63) is 82.4 Å². The number of primary amides is 1. The lowest BCUT2D eigenvalue weighted by Gasteiger charge is -2.15. The third-order valence-electron chi connectivity index (χ3n) is 5.47. The molecular formula is C22H20N4O. The topological polar surface area (TPSA) is 73.3 Å². The molecule has 27 heavy (non-hydrogen) atoms. The van der Waals surface area contributed by atoms with Crippen LogP contribution in [-0.4, -0.2) is 21.2 Å². The van der Waals surface area contributed by atoms with E-state index in [1.165, 1.54) is 24.0 Å². The number of hydrogen-bond acceptors (Lipinski definition) is 3. The number of amides is 1. The molecule has 1 aromatic heterocycles.